The average molecular weight is 504 g/mol. The molecule has 37 heavy (non-hydrogen) atoms. The number of pyridine rings is 1. The van der Waals surface area contributed by atoms with Crippen LogP contribution in [0.2, 0.25) is 0 Å². The van der Waals surface area contributed by atoms with Crippen LogP contribution in [0.4, 0.5) is 11.6 Å². The van der Waals surface area contributed by atoms with Gasteiger partial charge in [0, 0.05) is 62.2 Å². The summed E-state index contributed by atoms with van der Waals surface area (Å²) in [6.07, 6.45) is 11.6. The van der Waals surface area contributed by atoms with Crippen molar-refractivity contribution < 1.29 is 9.53 Å². The van der Waals surface area contributed by atoms with Gasteiger partial charge in [-0.2, -0.15) is 9.61 Å². The van der Waals surface area contributed by atoms with E-state index in [1.165, 1.54) is 25.7 Å². The smallest absolute Gasteiger partial charge is 0.252 e. The minimum atomic E-state index is -0.0158. The molecule has 0 radical (unpaired) electrons. The number of nitrogens with zero attached hydrogens (tertiary/aromatic N) is 6. The Morgan fingerprint density at radius 2 is 1.81 bits per heavy atom. The molecule has 0 bridgehead atoms. The van der Waals surface area contributed by atoms with Gasteiger partial charge in [0.1, 0.15) is 18.2 Å². The van der Waals surface area contributed by atoms with Crippen molar-refractivity contribution in [2.24, 2.45) is 0 Å². The third-order valence-electron chi connectivity index (χ3n) is 7.20. The number of anilines is 2. The molecule has 0 spiro atoms. The lowest BCUT2D eigenvalue weighted by molar-refractivity contribution is -0.128. The first-order valence-corrected chi connectivity index (χ1v) is 13.5. The van der Waals surface area contributed by atoms with Crippen LogP contribution >= 0.6 is 0 Å². The fourth-order valence-electron chi connectivity index (χ4n) is 4.99. The maximum absolute atomic E-state index is 12.5. The van der Waals surface area contributed by atoms with Gasteiger partial charge < -0.3 is 19.9 Å². The van der Waals surface area contributed by atoms with E-state index in [0.717, 1.165) is 73.9 Å². The SMILES string of the molecule is C=C(COc1ccc(CNc2cc(N3CCCCC3)nc3c(CC)cnn23)cn1)C(=O)N1CCCCC1. The minimum Gasteiger partial charge on any atom is -0.473 e. The molecular formula is C28H37N7O2. The van der Waals surface area contributed by atoms with E-state index in [4.69, 9.17) is 9.72 Å². The third-order valence-corrected chi connectivity index (χ3v) is 7.20. The molecule has 196 valence electrons. The summed E-state index contributed by atoms with van der Waals surface area (Å²) in [4.78, 5) is 26.2. The van der Waals surface area contributed by atoms with Crippen LogP contribution in [-0.2, 0) is 17.8 Å². The predicted octanol–water partition coefficient (Wildman–Crippen LogP) is 4.24. The molecule has 2 aliphatic heterocycles. The highest BCUT2D eigenvalue weighted by Gasteiger charge is 2.20. The van der Waals surface area contributed by atoms with Gasteiger partial charge in [-0.25, -0.2) is 9.97 Å². The number of fused-ring (bicyclic) bond motifs is 1. The number of aromatic nitrogens is 4. The van der Waals surface area contributed by atoms with Gasteiger partial charge in [0.25, 0.3) is 5.91 Å². The Morgan fingerprint density at radius 3 is 2.51 bits per heavy atom. The second-order valence-corrected chi connectivity index (χ2v) is 9.91. The molecule has 5 heterocycles. The maximum Gasteiger partial charge on any atom is 0.252 e. The molecule has 0 aromatic carbocycles. The fourth-order valence-corrected chi connectivity index (χ4v) is 4.99. The van der Waals surface area contributed by atoms with Crippen LogP contribution in [0.5, 0.6) is 5.88 Å². The first-order valence-electron chi connectivity index (χ1n) is 13.5. The van der Waals surface area contributed by atoms with E-state index >= 15 is 0 Å². The molecule has 2 aliphatic rings. The van der Waals surface area contributed by atoms with Crippen molar-refractivity contribution in [1.29, 1.82) is 0 Å². The van der Waals surface area contributed by atoms with Crippen molar-refractivity contribution >= 4 is 23.2 Å². The molecule has 2 fully saturated rings. The number of amides is 1. The largest absolute Gasteiger partial charge is 0.473 e. The molecule has 1 N–H and O–H groups in total. The molecule has 0 aliphatic carbocycles. The van der Waals surface area contributed by atoms with Gasteiger partial charge >= 0.3 is 0 Å². The van der Waals surface area contributed by atoms with Crippen molar-refractivity contribution in [3.63, 3.8) is 0 Å². The van der Waals surface area contributed by atoms with E-state index in [0.29, 0.717) is 18.0 Å². The third kappa shape index (κ3) is 5.87. The van der Waals surface area contributed by atoms with Gasteiger partial charge in [-0.05, 0) is 50.5 Å². The van der Waals surface area contributed by atoms with Crippen molar-refractivity contribution in [2.75, 3.05) is 43.0 Å². The van der Waals surface area contributed by atoms with Gasteiger partial charge in [0.05, 0.1) is 6.20 Å². The minimum absolute atomic E-state index is 0.0158. The van der Waals surface area contributed by atoms with Crippen LogP contribution in [0.3, 0.4) is 0 Å². The standard InChI is InChI=1S/C28H37N7O2/c1-3-23-19-31-35-24(16-25(32-27(23)35)33-12-6-4-7-13-33)29-17-22-10-11-26(30-18-22)37-20-21(2)28(36)34-14-8-5-9-15-34/h10-11,16,18-19,29H,2-9,12-15,17,20H2,1H3. The average Bonchev–Trinajstić information content (AvgIpc) is 3.39. The quantitative estimate of drug-likeness (QED) is 0.437. The van der Waals surface area contributed by atoms with E-state index < -0.39 is 0 Å². The predicted molar refractivity (Wildman–Crippen MR) is 145 cm³/mol. The van der Waals surface area contributed by atoms with Crippen LogP contribution in [-0.4, -0.2) is 63.2 Å². The summed E-state index contributed by atoms with van der Waals surface area (Å²) in [5, 5.41) is 8.12. The molecule has 1 amide bonds. The van der Waals surface area contributed by atoms with E-state index in [-0.39, 0.29) is 12.5 Å². The Kier molecular flexibility index (Phi) is 7.87. The molecule has 0 atom stereocenters. The lowest BCUT2D eigenvalue weighted by Gasteiger charge is -2.28. The molecule has 3 aromatic rings. The summed E-state index contributed by atoms with van der Waals surface area (Å²) >= 11 is 0. The Hall–Kier alpha value is -3.62. The number of piperidine rings is 2. The second kappa shape index (κ2) is 11.6. The van der Waals surface area contributed by atoms with Crippen molar-refractivity contribution in [1.82, 2.24) is 24.5 Å². The van der Waals surface area contributed by atoms with Crippen LogP contribution < -0.4 is 15.0 Å². The van der Waals surface area contributed by atoms with Crippen molar-refractivity contribution in [2.45, 2.75) is 58.4 Å². The van der Waals surface area contributed by atoms with Gasteiger partial charge in [0.15, 0.2) is 5.65 Å². The summed E-state index contributed by atoms with van der Waals surface area (Å²) in [6, 6.07) is 5.91. The number of aryl methyl sites for hydroxylation is 1. The molecular weight excluding hydrogens is 466 g/mol. The van der Waals surface area contributed by atoms with Crippen LogP contribution in [0.15, 0.2) is 42.7 Å². The first kappa shape index (κ1) is 25.0. The van der Waals surface area contributed by atoms with Crippen LogP contribution in [0.25, 0.3) is 5.65 Å². The van der Waals surface area contributed by atoms with E-state index in [1.54, 1.807) is 6.20 Å². The summed E-state index contributed by atoms with van der Waals surface area (Å²) in [6.45, 7) is 10.5. The number of hydrogen-bond acceptors (Lipinski definition) is 7. The normalized spacial score (nSPS) is 16.1. The number of hydrogen-bond donors (Lipinski definition) is 1. The second-order valence-electron chi connectivity index (χ2n) is 9.91. The highest BCUT2D eigenvalue weighted by Crippen LogP contribution is 2.25. The van der Waals surface area contributed by atoms with Crippen LogP contribution in [0.1, 0.15) is 56.6 Å². The zero-order valence-corrected chi connectivity index (χ0v) is 21.8. The Labute approximate surface area is 218 Å². The molecule has 5 rings (SSSR count). The highest BCUT2D eigenvalue weighted by molar-refractivity contribution is 5.93. The number of carbonyl (C=O) groups is 1. The van der Waals surface area contributed by atoms with E-state index in [1.807, 2.05) is 27.7 Å². The summed E-state index contributed by atoms with van der Waals surface area (Å²) in [7, 11) is 0. The lowest BCUT2D eigenvalue weighted by atomic mass is 10.1. The van der Waals surface area contributed by atoms with E-state index in [2.05, 4.69) is 39.9 Å². The number of ether oxygens (including phenoxy) is 1. The number of carbonyl (C=O) groups excluding carboxylic acids is 1. The Morgan fingerprint density at radius 1 is 1.05 bits per heavy atom. The van der Waals surface area contributed by atoms with Gasteiger partial charge in [0.2, 0.25) is 5.88 Å². The fraction of sp³-hybridized carbons (Fsp3) is 0.500. The molecule has 3 aromatic heterocycles. The zero-order valence-electron chi connectivity index (χ0n) is 21.8. The summed E-state index contributed by atoms with van der Waals surface area (Å²) in [5.74, 6) is 2.39. The van der Waals surface area contributed by atoms with Gasteiger partial charge in [-0.3, -0.25) is 4.79 Å². The lowest BCUT2D eigenvalue weighted by Crippen LogP contribution is -2.37. The number of likely N-dealkylation sites (tertiary alicyclic amines) is 1. The van der Waals surface area contributed by atoms with Crippen molar-refractivity contribution in [3.8, 4) is 5.88 Å². The molecule has 2 saturated heterocycles. The zero-order chi connectivity index (χ0) is 25.6. The maximum atomic E-state index is 12.5. The summed E-state index contributed by atoms with van der Waals surface area (Å²) in [5.41, 5.74) is 3.54. The molecule has 0 unspecified atom stereocenters. The number of nitrogens with one attached hydrogen (secondary N) is 1. The summed E-state index contributed by atoms with van der Waals surface area (Å²) < 4.78 is 7.64. The Bertz CT molecular complexity index is 1230. The molecule has 9 nitrogen and oxygen atoms in total. The Balaban J connectivity index is 1.21. The number of rotatable bonds is 9. The topological polar surface area (TPSA) is 87.9 Å². The van der Waals surface area contributed by atoms with Gasteiger partial charge in [-0.1, -0.05) is 19.6 Å². The van der Waals surface area contributed by atoms with Crippen LogP contribution in [0, 0.1) is 0 Å². The monoisotopic (exact) mass is 503 g/mol. The van der Waals surface area contributed by atoms with E-state index in [9.17, 15) is 4.79 Å². The first-order chi connectivity index (χ1) is 18.1. The molecule has 0 saturated carbocycles. The highest BCUT2D eigenvalue weighted by atomic mass is 16.5. The van der Waals surface area contributed by atoms with Crippen molar-refractivity contribution in [3.05, 3.63) is 53.9 Å². The molecule has 9 heteroatoms. The van der Waals surface area contributed by atoms with Gasteiger partial charge in [-0.15, -0.1) is 0 Å².